The molecule has 0 bridgehead atoms. The molecule has 3 N–H and O–H groups in total. The third-order valence-electron chi connectivity index (χ3n) is 5.03. The molecule has 3 rings (SSSR count). The molecule has 35 heavy (non-hydrogen) atoms. The van der Waals surface area contributed by atoms with E-state index in [1.54, 1.807) is 24.3 Å². The average Bonchev–Trinajstić information content (AvgIpc) is 2.86. The van der Waals surface area contributed by atoms with Gasteiger partial charge in [0.25, 0.3) is 5.91 Å². The van der Waals surface area contributed by atoms with Gasteiger partial charge in [-0.1, -0.05) is 35.9 Å². The summed E-state index contributed by atoms with van der Waals surface area (Å²) in [5, 5.41) is 2.79. The smallest absolute Gasteiger partial charge is 0.269 e. The van der Waals surface area contributed by atoms with Crippen LogP contribution in [-0.4, -0.2) is 30.9 Å². The van der Waals surface area contributed by atoms with Gasteiger partial charge in [-0.15, -0.1) is 0 Å². The first-order chi connectivity index (χ1) is 16.9. The number of hydrogen-bond acceptors (Lipinski definition) is 5. The van der Waals surface area contributed by atoms with Gasteiger partial charge in [0.2, 0.25) is 11.8 Å². The molecule has 0 saturated heterocycles. The number of carbonyl (C=O) groups excluding carboxylic acids is 3. The Balaban J connectivity index is 1.33. The number of ether oxygens (including phenoxy) is 2. The Morgan fingerprint density at radius 2 is 1.34 bits per heavy atom. The maximum atomic E-state index is 12.3. The van der Waals surface area contributed by atoms with Crippen LogP contribution in [-0.2, 0) is 9.59 Å². The fraction of sp³-hybridized carbons (Fsp3) is 0.222. The third kappa shape index (κ3) is 8.51. The molecule has 0 fully saturated rings. The molecule has 0 unspecified atom stereocenters. The van der Waals surface area contributed by atoms with E-state index >= 15 is 0 Å². The summed E-state index contributed by atoms with van der Waals surface area (Å²) in [5.41, 5.74) is 7.79. The summed E-state index contributed by atoms with van der Waals surface area (Å²) in [6.45, 7) is 4.63. The monoisotopic (exact) mass is 475 g/mol. The molecule has 3 amide bonds. The molecule has 182 valence electrons. The summed E-state index contributed by atoms with van der Waals surface area (Å²) in [4.78, 5) is 36.4. The summed E-state index contributed by atoms with van der Waals surface area (Å²) >= 11 is 0. The summed E-state index contributed by atoms with van der Waals surface area (Å²) in [7, 11) is 0. The number of rotatable bonds is 10. The largest absolute Gasteiger partial charge is 0.490 e. The van der Waals surface area contributed by atoms with E-state index in [0.29, 0.717) is 30.2 Å². The molecule has 0 heterocycles. The number of anilines is 1. The summed E-state index contributed by atoms with van der Waals surface area (Å²) < 4.78 is 11.2. The lowest BCUT2D eigenvalue weighted by Crippen LogP contribution is -2.41. The van der Waals surface area contributed by atoms with Crippen LogP contribution in [0.15, 0.2) is 72.8 Å². The molecular formula is C27H29N3O5. The van der Waals surface area contributed by atoms with Gasteiger partial charge in [0.05, 0.1) is 0 Å². The second-order valence-electron chi connectivity index (χ2n) is 7.90. The number of carbonyl (C=O) groups is 3. The van der Waals surface area contributed by atoms with Crippen molar-refractivity contribution in [2.24, 2.45) is 0 Å². The topological polar surface area (TPSA) is 106 Å². The second kappa shape index (κ2) is 12.8. The van der Waals surface area contributed by atoms with Gasteiger partial charge in [-0.05, 0) is 61.9 Å². The van der Waals surface area contributed by atoms with Gasteiger partial charge in [0.15, 0.2) is 0 Å². The molecule has 3 aromatic rings. The van der Waals surface area contributed by atoms with Gasteiger partial charge >= 0.3 is 0 Å². The van der Waals surface area contributed by atoms with Crippen molar-refractivity contribution in [1.82, 2.24) is 10.9 Å². The van der Waals surface area contributed by atoms with Crippen molar-refractivity contribution in [3.63, 3.8) is 0 Å². The van der Waals surface area contributed by atoms with Gasteiger partial charge in [-0.2, -0.15) is 0 Å². The van der Waals surface area contributed by atoms with E-state index in [0.717, 1.165) is 16.9 Å². The molecule has 0 saturated carbocycles. The highest BCUT2D eigenvalue weighted by Crippen LogP contribution is 2.16. The first-order valence-electron chi connectivity index (χ1n) is 11.3. The highest BCUT2D eigenvalue weighted by Gasteiger charge is 2.11. The van der Waals surface area contributed by atoms with Gasteiger partial charge in [-0.25, -0.2) is 0 Å². The number of benzene rings is 3. The second-order valence-corrected chi connectivity index (χ2v) is 7.90. The van der Waals surface area contributed by atoms with Crippen LogP contribution in [0.1, 0.15) is 34.3 Å². The lowest BCUT2D eigenvalue weighted by atomic mass is 10.1. The SMILES string of the molecule is Cc1ccc(NC(=O)CCC(=O)NNC(=O)c2ccc(OCCOc3ccccc3)cc2)c(C)c1. The minimum Gasteiger partial charge on any atom is -0.490 e. The zero-order valence-electron chi connectivity index (χ0n) is 19.8. The first kappa shape index (κ1) is 25.3. The minimum atomic E-state index is -0.475. The van der Waals surface area contributed by atoms with Crippen LogP contribution in [0.2, 0.25) is 0 Å². The maximum absolute atomic E-state index is 12.3. The fourth-order valence-electron chi connectivity index (χ4n) is 3.19. The summed E-state index contributed by atoms with van der Waals surface area (Å²) in [5.74, 6) is 0.150. The highest BCUT2D eigenvalue weighted by atomic mass is 16.5. The molecule has 0 aliphatic rings. The number of amides is 3. The standard InChI is InChI=1S/C27H29N3O5/c1-19-8-13-24(20(2)18-19)28-25(31)14-15-26(32)29-30-27(33)21-9-11-23(12-10-21)35-17-16-34-22-6-4-3-5-7-22/h3-13,18H,14-17H2,1-2H3,(H,28,31)(H,29,32)(H,30,33). The van der Waals surface area contributed by atoms with Crippen molar-refractivity contribution < 1.29 is 23.9 Å². The maximum Gasteiger partial charge on any atom is 0.269 e. The van der Waals surface area contributed by atoms with Crippen molar-refractivity contribution in [1.29, 1.82) is 0 Å². The Morgan fingerprint density at radius 3 is 2.00 bits per heavy atom. The van der Waals surface area contributed by atoms with Crippen LogP contribution >= 0.6 is 0 Å². The predicted molar refractivity (Wildman–Crippen MR) is 133 cm³/mol. The Kier molecular flexibility index (Phi) is 9.24. The Morgan fingerprint density at radius 1 is 0.714 bits per heavy atom. The lowest BCUT2D eigenvalue weighted by molar-refractivity contribution is -0.124. The van der Waals surface area contributed by atoms with Crippen molar-refractivity contribution >= 4 is 23.4 Å². The van der Waals surface area contributed by atoms with Gasteiger partial charge in [0.1, 0.15) is 24.7 Å². The summed E-state index contributed by atoms with van der Waals surface area (Å²) in [6.07, 6.45) is -0.0656. The normalized spacial score (nSPS) is 10.2. The lowest BCUT2D eigenvalue weighted by Gasteiger charge is -2.10. The Labute approximate surface area is 204 Å². The van der Waals surface area contributed by atoms with E-state index in [-0.39, 0.29) is 18.7 Å². The number of aryl methyl sites for hydroxylation is 2. The van der Waals surface area contributed by atoms with Gasteiger partial charge in [0, 0.05) is 24.1 Å². The first-order valence-corrected chi connectivity index (χ1v) is 11.3. The zero-order chi connectivity index (χ0) is 25.0. The molecule has 0 atom stereocenters. The molecule has 8 nitrogen and oxygen atoms in total. The van der Waals surface area contributed by atoms with Crippen LogP contribution in [0.3, 0.4) is 0 Å². The van der Waals surface area contributed by atoms with E-state index in [9.17, 15) is 14.4 Å². The van der Waals surface area contributed by atoms with Crippen molar-refractivity contribution in [3.8, 4) is 11.5 Å². The highest BCUT2D eigenvalue weighted by molar-refractivity contribution is 5.96. The van der Waals surface area contributed by atoms with Crippen LogP contribution in [0.4, 0.5) is 5.69 Å². The van der Waals surface area contributed by atoms with E-state index in [2.05, 4.69) is 16.2 Å². The minimum absolute atomic E-state index is 0.00492. The van der Waals surface area contributed by atoms with Crippen LogP contribution < -0.4 is 25.6 Å². The van der Waals surface area contributed by atoms with E-state index in [1.165, 1.54) is 0 Å². The van der Waals surface area contributed by atoms with E-state index < -0.39 is 11.8 Å². The number of para-hydroxylation sites is 1. The van der Waals surface area contributed by atoms with Gasteiger partial charge in [-0.3, -0.25) is 25.2 Å². The van der Waals surface area contributed by atoms with E-state index in [1.807, 2.05) is 62.4 Å². The summed E-state index contributed by atoms with van der Waals surface area (Å²) in [6, 6.07) is 21.7. The zero-order valence-corrected chi connectivity index (χ0v) is 19.8. The third-order valence-corrected chi connectivity index (χ3v) is 5.03. The molecule has 8 heteroatoms. The van der Waals surface area contributed by atoms with Crippen LogP contribution in [0, 0.1) is 13.8 Å². The Bertz CT molecular complexity index is 1150. The van der Waals surface area contributed by atoms with E-state index in [4.69, 9.17) is 9.47 Å². The molecule has 0 spiro atoms. The van der Waals surface area contributed by atoms with Crippen molar-refractivity contribution in [3.05, 3.63) is 89.5 Å². The average molecular weight is 476 g/mol. The molecule has 0 aliphatic carbocycles. The number of nitrogens with one attached hydrogen (secondary N) is 3. The fourth-order valence-corrected chi connectivity index (χ4v) is 3.19. The van der Waals surface area contributed by atoms with Crippen LogP contribution in [0.25, 0.3) is 0 Å². The van der Waals surface area contributed by atoms with Gasteiger partial charge < -0.3 is 14.8 Å². The molecule has 0 radical (unpaired) electrons. The van der Waals surface area contributed by atoms with Crippen LogP contribution in [0.5, 0.6) is 11.5 Å². The predicted octanol–water partition coefficient (Wildman–Crippen LogP) is 3.94. The number of hydrogen-bond donors (Lipinski definition) is 3. The molecular weight excluding hydrogens is 446 g/mol. The molecule has 3 aromatic carbocycles. The Hall–Kier alpha value is -4.33. The quantitative estimate of drug-likeness (QED) is 0.304. The van der Waals surface area contributed by atoms with Crippen molar-refractivity contribution in [2.75, 3.05) is 18.5 Å². The molecule has 0 aromatic heterocycles. The number of hydrazine groups is 1. The molecule has 0 aliphatic heterocycles. The van der Waals surface area contributed by atoms with Crippen molar-refractivity contribution in [2.45, 2.75) is 26.7 Å².